The molecule has 0 aliphatic rings. The number of nitrogens with zero attached hydrogens (tertiary/aromatic N) is 4. The lowest BCUT2D eigenvalue weighted by Crippen LogP contribution is -2.19. The quantitative estimate of drug-likeness (QED) is 0.264. The van der Waals surface area contributed by atoms with Crippen molar-refractivity contribution >= 4 is 34.8 Å². The van der Waals surface area contributed by atoms with Crippen molar-refractivity contribution in [3.05, 3.63) is 82.4 Å². The Kier molecular flexibility index (Phi) is 7.04. The fraction of sp³-hybridized carbons (Fsp3) is 0.160. The van der Waals surface area contributed by atoms with Crippen LogP contribution in [0, 0.1) is 11.6 Å². The largest absolute Gasteiger partial charge is 0.494 e. The monoisotopic (exact) mass is 544 g/mol. The molecule has 3 heterocycles. The van der Waals surface area contributed by atoms with Crippen molar-refractivity contribution in [3.8, 4) is 17.1 Å². The molecular weight excluding hydrogens is 520 g/mol. The van der Waals surface area contributed by atoms with E-state index in [1.807, 2.05) is 5.32 Å². The van der Waals surface area contributed by atoms with Gasteiger partial charge in [0.2, 0.25) is 0 Å². The third-order valence-corrected chi connectivity index (χ3v) is 5.34. The minimum absolute atomic E-state index is 0.00647. The maximum atomic E-state index is 14.1. The Labute approximate surface area is 225 Å². The number of benzene rings is 1. The highest BCUT2D eigenvalue weighted by Crippen LogP contribution is 2.38. The van der Waals surface area contributed by atoms with Gasteiger partial charge in [0.15, 0.2) is 17.4 Å². The number of pyridine rings is 2. The van der Waals surface area contributed by atoms with Crippen LogP contribution in [0.4, 0.5) is 26.1 Å². The molecule has 10 nitrogen and oxygen atoms in total. The predicted octanol–water partition coefficient (Wildman–Crippen LogP) is 4.28. The summed E-state index contributed by atoms with van der Waals surface area (Å²) in [5.41, 5.74) is 6.54. The van der Waals surface area contributed by atoms with Gasteiger partial charge in [-0.15, -0.1) is 0 Å². The third-order valence-electron chi connectivity index (χ3n) is 5.13. The minimum atomic E-state index is -2.76. The number of hydrogen-bond donors (Lipinski definition) is 3. The van der Waals surface area contributed by atoms with Crippen molar-refractivity contribution in [2.24, 2.45) is 0 Å². The molecule has 4 N–H and O–H groups in total. The van der Waals surface area contributed by atoms with Gasteiger partial charge in [-0.1, -0.05) is 11.6 Å². The van der Waals surface area contributed by atoms with Gasteiger partial charge in [0.1, 0.15) is 28.3 Å². The van der Waals surface area contributed by atoms with Crippen LogP contribution in [-0.4, -0.2) is 39.9 Å². The first-order chi connectivity index (χ1) is 19.4. The van der Waals surface area contributed by atoms with E-state index in [0.717, 1.165) is 12.4 Å². The van der Waals surface area contributed by atoms with Gasteiger partial charge in [-0.05, 0) is 42.0 Å². The summed E-state index contributed by atoms with van der Waals surface area (Å²) >= 11 is 6.07. The molecule has 196 valence electrons. The van der Waals surface area contributed by atoms with E-state index in [-0.39, 0.29) is 58.5 Å². The van der Waals surface area contributed by atoms with Crippen LogP contribution in [0.5, 0.6) is 5.75 Å². The number of amides is 1. The molecule has 0 aliphatic heterocycles. The SMILES string of the molecule is [2H]C([2H])([2H])NC(=O)c1ccc(Cl)nc1Nc1cc(COCc2nc(N)ccc2F)cc(-c2ncc(F)cn2)c1OC. The number of anilines is 3. The number of carbonyl (C=O) groups is 1. The fourth-order valence-electron chi connectivity index (χ4n) is 3.48. The van der Waals surface area contributed by atoms with E-state index < -0.39 is 24.5 Å². The molecule has 0 saturated heterocycles. The highest BCUT2D eigenvalue weighted by atomic mass is 35.5. The molecule has 0 radical (unpaired) electrons. The Morgan fingerprint density at radius 3 is 2.66 bits per heavy atom. The van der Waals surface area contributed by atoms with Gasteiger partial charge in [-0.2, -0.15) is 0 Å². The van der Waals surface area contributed by atoms with E-state index in [9.17, 15) is 13.6 Å². The molecular formula is C25H22ClF2N7O3. The Morgan fingerprint density at radius 1 is 1.13 bits per heavy atom. The first-order valence-electron chi connectivity index (χ1n) is 12.4. The van der Waals surface area contributed by atoms with Crippen molar-refractivity contribution in [3.63, 3.8) is 0 Å². The normalized spacial score (nSPS) is 12.3. The molecule has 0 aliphatic carbocycles. The van der Waals surface area contributed by atoms with E-state index in [2.05, 4.69) is 25.3 Å². The van der Waals surface area contributed by atoms with Crippen LogP contribution in [0.1, 0.15) is 25.7 Å². The number of aromatic nitrogens is 4. The molecule has 4 aromatic rings. The van der Waals surface area contributed by atoms with E-state index in [1.54, 1.807) is 12.1 Å². The molecule has 1 amide bonds. The molecule has 0 saturated carbocycles. The smallest absolute Gasteiger partial charge is 0.254 e. The van der Waals surface area contributed by atoms with Gasteiger partial charge in [-0.25, -0.2) is 28.7 Å². The summed E-state index contributed by atoms with van der Waals surface area (Å²) in [7, 11) is 1.37. The first kappa shape index (κ1) is 22.8. The standard InChI is InChI=1S/C25H22ClF2N7O3/c1-30-25(36)15-3-5-20(26)35-24(15)34-18-8-13(11-38-12-19-17(28)4-6-21(29)33-19)7-16(22(18)37-2)23-31-9-14(27)10-32-23/h3-10H,11-12H2,1-2H3,(H2,29,33)(H,30,36)(H,34,35)/i1D3. The van der Waals surface area contributed by atoms with Crippen LogP contribution in [0.2, 0.25) is 5.15 Å². The second-order valence-corrected chi connectivity index (χ2v) is 8.10. The molecule has 0 bridgehead atoms. The van der Waals surface area contributed by atoms with Crippen LogP contribution in [0.15, 0.2) is 48.8 Å². The Bertz CT molecular complexity index is 1580. The lowest BCUT2D eigenvalue weighted by Gasteiger charge is -2.18. The number of methoxy groups -OCH3 is 1. The van der Waals surface area contributed by atoms with Crippen LogP contribution in [0.3, 0.4) is 0 Å². The minimum Gasteiger partial charge on any atom is -0.494 e. The molecule has 1 aromatic carbocycles. The summed E-state index contributed by atoms with van der Waals surface area (Å²) in [5, 5.41) is 4.86. The summed E-state index contributed by atoms with van der Waals surface area (Å²) < 4.78 is 61.0. The zero-order valence-electron chi connectivity index (χ0n) is 22.8. The zero-order chi connectivity index (χ0) is 29.7. The number of carbonyl (C=O) groups excluding carboxylic acids is 1. The van der Waals surface area contributed by atoms with E-state index in [0.29, 0.717) is 11.1 Å². The first-order valence-corrected chi connectivity index (χ1v) is 11.2. The van der Waals surface area contributed by atoms with Gasteiger partial charge in [-0.3, -0.25) is 4.79 Å². The molecule has 3 aromatic heterocycles. The number of nitrogens with one attached hydrogen (secondary N) is 2. The Balaban J connectivity index is 1.74. The van der Waals surface area contributed by atoms with Crippen LogP contribution in [-0.2, 0) is 18.0 Å². The van der Waals surface area contributed by atoms with Crippen molar-refractivity contribution < 1.29 is 27.2 Å². The topological polar surface area (TPSA) is 137 Å². The molecule has 0 atom stereocenters. The van der Waals surface area contributed by atoms with Gasteiger partial charge < -0.3 is 25.8 Å². The molecule has 38 heavy (non-hydrogen) atoms. The van der Waals surface area contributed by atoms with Crippen LogP contribution >= 0.6 is 11.6 Å². The third kappa shape index (κ3) is 6.10. The van der Waals surface area contributed by atoms with Crippen LogP contribution in [0.25, 0.3) is 11.4 Å². The number of hydrogen-bond acceptors (Lipinski definition) is 9. The van der Waals surface area contributed by atoms with Gasteiger partial charge in [0, 0.05) is 11.1 Å². The highest BCUT2D eigenvalue weighted by Gasteiger charge is 2.20. The lowest BCUT2D eigenvalue weighted by molar-refractivity contribution is 0.0963. The predicted molar refractivity (Wildman–Crippen MR) is 137 cm³/mol. The Morgan fingerprint density at radius 2 is 1.92 bits per heavy atom. The second kappa shape index (κ2) is 11.8. The van der Waals surface area contributed by atoms with Gasteiger partial charge in [0.25, 0.3) is 5.91 Å². The summed E-state index contributed by atoms with van der Waals surface area (Å²) in [5.74, 6) is -1.88. The number of ether oxygens (including phenoxy) is 2. The molecule has 0 unspecified atom stereocenters. The average Bonchev–Trinajstić information content (AvgIpc) is 2.90. The maximum Gasteiger partial charge on any atom is 0.254 e. The van der Waals surface area contributed by atoms with E-state index in [1.165, 1.54) is 31.4 Å². The summed E-state index contributed by atoms with van der Waals surface area (Å²) in [6, 6.07) is 8.33. The maximum absolute atomic E-state index is 14.1. The number of rotatable bonds is 9. The molecule has 4 rings (SSSR count). The van der Waals surface area contributed by atoms with E-state index in [4.69, 9.17) is 30.9 Å². The summed E-state index contributed by atoms with van der Waals surface area (Å²) in [4.78, 5) is 28.8. The van der Waals surface area contributed by atoms with E-state index >= 15 is 0 Å². The second-order valence-electron chi connectivity index (χ2n) is 7.72. The van der Waals surface area contributed by atoms with Gasteiger partial charge >= 0.3 is 0 Å². The Hall–Kier alpha value is -4.42. The van der Waals surface area contributed by atoms with Crippen molar-refractivity contribution in [2.45, 2.75) is 13.2 Å². The molecule has 0 fully saturated rings. The number of nitrogen functional groups attached to an aromatic ring is 1. The summed E-state index contributed by atoms with van der Waals surface area (Å²) in [6.45, 7) is -3.03. The zero-order valence-corrected chi connectivity index (χ0v) is 20.5. The average molecular weight is 545 g/mol. The number of nitrogens with two attached hydrogens (primary N) is 1. The molecule has 0 spiro atoms. The van der Waals surface area contributed by atoms with Crippen molar-refractivity contribution in [1.82, 2.24) is 25.3 Å². The summed E-state index contributed by atoms with van der Waals surface area (Å²) in [6.07, 6.45) is 1.95. The lowest BCUT2D eigenvalue weighted by atomic mass is 10.1. The number of halogens is 3. The van der Waals surface area contributed by atoms with Crippen LogP contribution < -0.4 is 21.1 Å². The molecule has 13 heteroatoms. The van der Waals surface area contributed by atoms with Crippen molar-refractivity contribution in [2.75, 3.05) is 25.1 Å². The highest BCUT2D eigenvalue weighted by molar-refractivity contribution is 6.29. The van der Waals surface area contributed by atoms with Gasteiger partial charge in [0.05, 0.1) is 49.5 Å². The fourth-order valence-corrected chi connectivity index (χ4v) is 3.63. The van der Waals surface area contributed by atoms with Crippen molar-refractivity contribution in [1.29, 1.82) is 0 Å².